The fourth-order valence-corrected chi connectivity index (χ4v) is 2.49. The number of fused-ring (bicyclic) bond motifs is 1. The Morgan fingerprint density at radius 2 is 1.81 bits per heavy atom. The van der Waals surface area contributed by atoms with Crippen molar-refractivity contribution in [2.24, 2.45) is 0 Å². The van der Waals surface area contributed by atoms with Crippen LogP contribution in [0.2, 0.25) is 0 Å². The van der Waals surface area contributed by atoms with Crippen LogP contribution in [0, 0.1) is 0 Å². The van der Waals surface area contributed by atoms with E-state index in [1.807, 2.05) is 12.1 Å². The standard InChI is InChI=1S/C20H16N2O4/c1-13(23)15-6-2-8-16(11-15)22-18(24)12-26-20(25)17-9-3-5-14-7-4-10-21-19(14)17/h2-11H,12H2,1H3,(H,22,24). The fourth-order valence-electron chi connectivity index (χ4n) is 2.49. The first kappa shape index (κ1) is 17.3. The molecular formula is C20H16N2O4. The van der Waals surface area contributed by atoms with E-state index >= 15 is 0 Å². The molecule has 1 aromatic heterocycles. The lowest BCUT2D eigenvalue weighted by Gasteiger charge is -2.08. The predicted octanol–water partition coefficient (Wildman–Crippen LogP) is 3.23. The van der Waals surface area contributed by atoms with E-state index in [2.05, 4.69) is 10.3 Å². The number of carbonyl (C=O) groups is 3. The largest absolute Gasteiger partial charge is 0.452 e. The Labute approximate surface area is 149 Å². The number of anilines is 1. The summed E-state index contributed by atoms with van der Waals surface area (Å²) in [4.78, 5) is 39.8. The molecule has 1 heterocycles. The van der Waals surface area contributed by atoms with Gasteiger partial charge in [-0.15, -0.1) is 0 Å². The number of nitrogens with zero attached hydrogens (tertiary/aromatic N) is 1. The number of Topliss-reactive ketones (excluding diaryl/α,β-unsaturated/α-hetero) is 1. The maximum Gasteiger partial charge on any atom is 0.340 e. The summed E-state index contributed by atoms with van der Waals surface area (Å²) in [6.45, 7) is 1.01. The van der Waals surface area contributed by atoms with Crippen LogP contribution in [0.5, 0.6) is 0 Å². The van der Waals surface area contributed by atoms with Gasteiger partial charge in [0.2, 0.25) is 0 Å². The Hall–Kier alpha value is -3.54. The van der Waals surface area contributed by atoms with Crippen molar-refractivity contribution in [1.82, 2.24) is 4.98 Å². The van der Waals surface area contributed by atoms with Crippen LogP contribution in [0.3, 0.4) is 0 Å². The van der Waals surface area contributed by atoms with Crippen LogP contribution >= 0.6 is 0 Å². The topological polar surface area (TPSA) is 85.4 Å². The van der Waals surface area contributed by atoms with Gasteiger partial charge in [-0.3, -0.25) is 14.6 Å². The number of aromatic nitrogens is 1. The molecule has 6 heteroatoms. The number of hydrogen-bond acceptors (Lipinski definition) is 5. The van der Waals surface area contributed by atoms with Crippen LogP contribution in [-0.2, 0) is 9.53 Å². The van der Waals surface area contributed by atoms with Crippen molar-refractivity contribution in [3.05, 3.63) is 71.9 Å². The molecule has 0 aliphatic carbocycles. The highest BCUT2D eigenvalue weighted by molar-refractivity contribution is 6.04. The summed E-state index contributed by atoms with van der Waals surface area (Å²) in [5.74, 6) is -1.22. The highest BCUT2D eigenvalue weighted by atomic mass is 16.5. The Morgan fingerprint density at radius 1 is 1.04 bits per heavy atom. The zero-order valence-electron chi connectivity index (χ0n) is 14.1. The van der Waals surface area contributed by atoms with Crippen LogP contribution in [-0.4, -0.2) is 29.3 Å². The molecule has 1 amide bonds. The van der Waals surface area contributed by atoms with Crippen molar-refractivity contribution < 1.29 is 19.1 Å². The van der Waals surface area contributed by atoms with Crippen LogP contribution in [0.25, 0.3) is 10.9 Å². The summed E-state index contributed by atoms with van der Waals surface area (Å²) in [6, 6.07) is 15.3. The first-order valence-corrected chi connectivity index (χ1v) is 7.96. The van der Waals surface area contributed by atoms with Gasteiger partial charge < -0.3 is 10.1 Å². The van der Waals surface area contributed by atoms with Crippen LogP contribution in [0.4, 0.5) is 5.69 Å². The molecule has 0 aliphatic heterocycles. The summed E-state index contributed by atoms with van der Waals surface area (Å²) in [5, 5.41) is 3.41. The van der Waals surface area contributed by atoms with Gasteiger partial charge >= 0.3 is 5.97 Å². The fraction of sp³-hybridized carbons (Fsp3) is 0.100. The highest BCUT2D eigenvalue weighted by Gasteiger charge is 2.14. The quantitative estimate of drug-likeness (QED) is 0.565. The van der Waals surface area contributed by atoms with Crippen molar-refractivity contribution in [2.75, 3.05) is 11.9 Å². The van der Waals surface area contributed by atoms with Crippen molar-refractivity contribution in [3.8, 4) is 0 Å². The SMILES string of the molecule is CC(=O)c1cccc(NC(=O)COC(=O)c2cccc3cccnc23)c1. The Bertz CT molecular complexity index is 993. The number of esters is 1. The van der Waals surface area contributed by atoms with Crippen molar-refractivity contribution in [3.63, 3.8) is 0 Å². The summed E-state index contributed by atoms with van der Waals surface area (Å²) < 4.78 is 5.09. The monoisotopic (exact) mass is 348 g/mol. The van der Waals surface area contributed by atoms with Gasteiger partial charge in [0.05, 0.1) is 11.1 Å². The molecule has 0 atom stereocenters. The Balaban J connectivity index is 1.65. The summed E-state index contributed by atoms with van der Waals surface area (Å²) in [7, 11) is 0. The van der Waals surface area contributed by atoms with E-state index in [9.17, 15) is 14.4 Å². The van der Waals surface area contributed by atoms with E-state index in [0.29, 0.717) is 22.3 Å². The third-order valence-corrected chi connectivity index (χ3v) is 3.74. The Kier molecular flexibility index (Phi) is 5.03. The predicted molar refractivity (Wildman–Crippen MR) is 97.1 cm³/mol. The summed E-state index contributed by atoms with van der Waals surface area (Å²) >= 11 is 0. The van der Waals surface area contributed by atoms with Gasteiger partial charge in [-0.2, -0.15) is 0 Å². The van der Waals surface area contributed by atoms with Crippen LogP contribution in [0.1, 0.15) is 27.6 Å². The van der Waals surface area contributed by atoms with E-state index in [0.717, 1.165) is 5.39 Å². The molecule has 0 unspecified atom stereocenters. The van der Waals surface area contributed by atoms with Crippen LogP contribution in [0.15, 0.2) is 60.8 Å². The maximum atomic E-state index is 12.3. The van der Waals surface area contributed by atoms with E-state index in [1.165, 1.54) is 6.92 Å². The zero-order chi connectivity index (χ0) is 18.5. The highest BCUT2D eigenvalue weighted by Crippen LogP contribution is 2.17. The lowest BCUT2D eigenvalue weighted by Crippen LogP contribution is -2.21. The van der Waals surface area contributed by atoms with Gasteiger partial charge in [0.1, 0.15) is 0 Å². The number of pyridine rings is 1. The number of amides is 1. The summed E-state index contributed by atoms with van der Waals surface area (Å²) in [6.07, 6.45) is 1.59. The molecule has 0 saturated carbocycles. The number of ketones is 1. The average molecular weight is 348 g/mol. The number of nitrogens with one attached hydrogen (secondary N) is 1. The minimum absolute atomic E-state index is 0.101. The third kappa shape index (κ3) is 3.92. The van der Waals surface area contributed by atoms with E-state index in [-0.39, 0.29) is 5.78 Å². The molecular weight excluding hydrogens is 332 g/mol. The average Bonchev–Trinajstić information content (AvgIpc) is 2.66. The van der Waals surface area contributed by atoms with E-state index in [4.69, 9.17) is 4.74 Å². The molecule has 0 fully saturated rings. The molecule has 0 spiro atoms. The van der Waals surface area contributed by atoms with Gasteiger partial charge in [0.25, 0.3) is 5.91 Å². The molecule has 26 heavy (non-hydrogen) atoms. The molecule has 0 bridgehead atoms. The first-order chi connectivity index (χ1) is 12.5. The summed E-state index contributed by atoms with van der Waals surface area (Å²) in [5.41, 5.74) is 1.77. The maximum absolute atomic E-state index is 12.3. The molecule has 3 aromatic rings. The second kappa shape index (κ2) is 7.57. The number of rotatable bonds is 5. The number of ether oxygens (including phenoxy) is 1. The van der Waals surface area contributed by atoms with Crippen molar-refractivity contribution in [2.45, 2.75) is 6.92 Å². The first-order valence-electron chi connectivity index (χ1n) is 7.96. The normalized spacial score (nSPS) is 10.3. The number of benzene rings is 2. The molecule has 130 valence electrons. The van der Waals surface area contributed by atoms with Gasteiger partial charge in [-0.25, -0.2) is 4.79 Å². The third-order valence-electron chi connectivity index (χ3n) is 3.74. The second-order valence-corrected chi connectivity index (χ2v) is 5.64. The van der Waals surface area contributed by atoms with Gasteiger partial charge in [0, 0.05) is 22.8 Å². The molecule has 0 saturated heterocycles. The minimum Gasteiger partial charge on any atom is -0.452 e. The smallest absolute Gasteiger partial charge is 0.340 e. The molecule has 0 radical (unpaired) electrons. The number of para-hydroxylation sites is 1. The molecule has 6 nitrogen and oxygen atoms in total. The van der Waals surface area contributed by atoms with Crippen LogP contribution < -0.4 is 5.32 Å². The van der Waals surface area contributed by atoms with E-state index < -0.39 is 18.5 Å². The van der Waals surface area contributed by atoms with Crippen molar-refractivity contribution in [1.29, 1.82) is 0 Å². The molecule has 3 rings (SSSR count). The lowest BCUT2D eigenvalue weighted by molar-refractivity contribution is -0.119. The van der Waals surface area contributed by atoms with Gasteiger partial charge in [0.15, 0.2) is 12.4 Å². The van der Waals surface area contributed by atoms with E-state index in [1.54, 1.807) is 48.7 Å². The Morgan fingerprint density at radius 3 is 2.62 bits per heavy atom. The number of carbonyl (C=O) groups excluding carboxylic acids is 3. The zero-order valence-corrected chi connectivity index (χ0v) is 14.1. The van der Waals surface area contributed by atoms with Gasteiger partial charge in [-0.1, -0.05) is 30.3 Å². The van der Waals surface area contributed by atoms with Gasteiger partial charge in [-0.05, 0) is 31.2 Å². The van der Waals surface area contributed by atoms with Crippen molar-refractivity contribution >= 4 is 34.3 Å². The second-order valence-electron chi connectivity index (χ2n) is 5.64. The lowest BCUT2D eigenvalue weighted by atomic mass is 10.1. The number of hydrogen-bond donors (Lipinski definition) is 1. The minimum atomic E-state index is -0.623. The molecule has 2 aromatic carbocycles. The molecule has 0 aliphatic rings. The molecule has 1 N–H and O–H groups in total.